The number of rotatable bonds is 6. The maximum atomic E-state index is 10.5. The van der Waals surface area contributed by atoms with Crippen LogP contribution < -0.4 is 10.1 Å². The van der Waals surface area contributed by atoms with E-state index in [9.17, 15) is 5.11 Å². The van der Waals surface area contributed by atoms with Crippen molar-refractivity contribution in [2.45, 2.75) is 18.9 Å². The summed E-state index contributed by atoms with van der Waals surface area (Å²) in [4.78, 5) is 8.25. The molecule has 2 rings (SSSR count). The van der Waals surface area contributed by atoms with Gasteiger partial charge in [0.25, 0.3) is 0 Å². The van der Waals surface area contributed by atoms with E-state index in [0.29, 0.717) is 24.8 Å². The zero-order valence-electron chi connectivity index (χ0n) is 11.7. The van der Waals surface area contributed by atoms with Gasteiger partial charge < -0.3 is 15.2 Å². The molecule has 2 N–H and O–H groups in total. The highest BCUT2D eigenvalue weighted by atomic mass is 16.5. The largest absolute Gasteiger partial charge is 0.481 e. The van der Waals surface area contributed by atoms with Crippen molar-refractivity contribution >= 4 is 5.95 Å². The van der Waals surface area contributed by atoms with Gasteiger partial charge in [0.1, 0.15) is 0 Å². The monoisotopic (exact) mass is 273 g/mol. The molecule has 5 nitrogen and oxygen atoms in total. The summed E-state index contributed by atoms with van der Waals surface area (Å²) in [5, 5.41) is 13.5. The molecule has 0 saturated heterocycles. The molecule has 5 heteroatoms. The lowest BCUT2D eigenvalue weighted by Gasteiger charge is -2.23. The molecule has 0 fully saturated rings. The van der Waals surface area contributed by atoms with Gasteiger partial charge >= 0.3 is 0 Å². The SMILES string of the molecule is COc1ccnc(NCCC(C)(O)c2ccccc2)n1. The van der Waals surface area contributed by atoms with Crippen LogP contribution in [-0.2, 0) is 5.60 Å². The highest BCUT2D eigenvalue weighted by molar-refractivity contribution is 5.28. The molecule has 1 heterocycles. The average Bonchev–Trinajstić information content (AvgIpc) is 2.48. The summed E-state index contributed by atoms with van der Waals surface area (Å²) in [5.41, 5.74) is 0.0148. The predicted octanol–water partition coefficient (Wildman–Crippen LogP) is 2.19. The third-order valence-corrected chi connectivity index (χ3v) is 3.13. The summed E-state index contributed by atoms with van der Waals surface area (Å²) >= 11 is 0. The van der Waals surface area contributed by atoms with Crippen LogP contribution >= 0.6 is 0 Å². The Morgan fingerprint density at radius 1 is 1.25 bits per heavy atom. The molecule has 0 spiro atoms. The van der Waals surface area contributed by atoms with Crippen LogP contribution in [0.15, 0.2) is 42.6 Å². The Hall–Kier alpha value is -2.14. The number of hydrogen-bond acceptors (Lipinski definition) is 5. The van der Waals surface area contributed by atoms with Gasteiger partial charge in [-0.25, -0.2) is 4.98 Å². The zero-order valence-corrected chi connectivity index (χ0v) is 11.7. The number of benzene rings is 1. The molecule has 0 saturated carbocycles. The van der Waals surface area contributed by atoms with E-state index in [-0.39, 0.29) is 0 Å². The lowest BCUT2D eigenvalue weighted by Crippen LogP contribution is -2.25. The van der Waals surface area contributed by atoms with Crippen molar-refractivity contribution in [3.63, 3.8) is 0 Å². The second kappa shape index (κ2) is 6.34. The van der Waals surface area contributed by atoms with Gasteiger partial charge in [0, 0.05) is 18.8 Å². The van der Waals surface area contributed by atoms with Gasteiger partial charge in [0.2, 0.25) is 11.8 Å². The molecule has 20 heavy (non-hydrogen) atoms. The summed E-state index contributed by atoms with van der Waals surface area (Å²) in [6, 6.07) is 11.3. The summed E-state index contributed by atoms with van der Waals surface area (Å²) < 4.78 is 5.03. The van der Waals surface area contributed by atoms with E-state index in [0.717, 1.165) is 5.56 Å². The number of nitrogens with zero attached hydrogens (tertiary/aromatic N) is 2. The minimum absolute atomic E-state index is 0.494. The molecule has 106 valence electrons. The number of ether oxygens (including phenoxy) is 1. The van der Waals surface area contributed by atoms with E-state index in [1.165, 1.54) is 0 Å². The third kappa shape index (κ3) is 3.68. The van der Waals surface area contributed by atoms with E-state index >= 15 is 0 Å². The van der Waals surface area contributed by atoms with Crippen molar-refractivity contribution in [1.82, 2.24) is 9.97 Å². The Balaban J connectivity index is 1.92. The molecule has 1 aromatic heterocycles. The highest BCUT2D eigenvalue weighted by Crippen LogP contribution is 2.23. The molecule has 0 aliphatic heterocycles. The number of aliphatic hydroxyl groups is 1. The molecule has 0 aliphatic carbocycles. The van der Waals surface area contributed by atoms with Crippen molar-refractivity contribution in [2.75, 3.05) is 19.0 Å². The van der Waals surface area contributed by atoms with Gasteiger partial charge in [-0.2, -0.15) is 4.98 Å². The van der Waals surface area contributed by atoms with Crippen LogP contribution in [0.2, 0.25) is 0 Å². The van der Waals surface area contributed by atoms with Crippen LogP contribution in [0.4, 0.5) is 5.95 Å². The maximum absolute atomic E-state index is 10.5. The minimum atomic E-state index is -0.882. The molecule has 2 aromatic rings. The maximum Gasteiger partial charge on any atom is 0.225 e. The molecule has 1 atom stereocenters. The van der Waals surface area contributed by atoms with E-state index in [4.69, 9.17) is 4.74 Å². The molecular weight excluding hydrogens is 254 g/mol. The summed E-state index contributed by atoms with van der Waals surface area (Å²) in [5.74, 6) is 1.01. The van der Waals surface area contributed by atoms with Gasteiger partial charge in [0.15, 0.2) is 0 Å². The lowest BCUT2D eigenvalue weighted by atomic mass is 9.93. The molecule has 0 radical (unpaired) electrons. The van der Waals surface area contributed by atoms with Crippen LogP contribution in [0, 0.1) is 0 Å². The van der Waals surface area contributed by atoms with Gasteiger partial charge in [-0.15, -0.1) is 0 Å². The Morgan fingerprint density at radius 2 is 2.00 bits per heavy atom. The van der Waals surface area contributed by atoms with Crippen molar-refractivity contribution < 1.29 is 9.84 Å². The smallest absolute Gasteiger partial charge is 0.225 e. The molecule has 0 bridgehead atoms. The fourth-order valence-electron chi connectivity index (χ4n) is 1.90. The fourth-order valence-corrected chi connectivity index (χ4v) is 1.90. The third-order valence-electron chi connectivity index (χ3n) is 3.13. The van der Waals surface area contributed by atoms with Crippen LogP contribution in [0.3, 0.4) is 0 Å². The Kier molecular flexibility index (Phi) is 4.53. The van der Waals surface area contributed by atoms with E-state index in [1.54, 1.807) is 26.3 Å². The summed E-state index contributed by atoms with van der Waals surface area (Å²) in [6.07, 6.45) is 2.18. The second-order valence-corrected chi connectivity index (χ2v) is 4.74. The van der Waals surface area contributed by atoms with Crippen molar-refractivity contribution in [2.24, 2.45) is 0 Å². The number of hydrogen-bond donors (Lipinski definition) is 2. The van der Waals surface area contributed by atoms with Crippen molar-refractivity contribution in [3.8, 4) is 5.88 Å². The summed E-state index contributed by atoms with van der Waals surface area (Å²) in [7, 11) is 1.56. The number of nitrogens with one attached hydrogen (secondary N) is 1. The molecule has 0 amide bonds. The van der Waals surface area contributed by atoms with Gasteiger partial charge in [-0.05, 0) is 18.9 Å². The van der Waals surface area contributed by atoms with E-state index < -0.39 is 5.60 Å². The first-order valence-electron chi connectivity index (χ1n) is 6.50. The van der Waals surface area contributed by atoms with Crippen LogP contribution in [0.1, 0.15) is 18.9 Å². The zero-order chi connectivity index (χ0) is 14.4. The molecule has 1 aromatic carbocycles. The topological polar surface area (TPSA) is 67.3 Å². The second-order valence-electron chi connectivity index (χ2n) is 4.74. The summed E-state index contributed by atoms with van der Waals surface area (Å²) in [6.45, 7) is 2.37. The average molecular weight is 273 g/mol. The molecular formula is C15H19N3O2. The normalized spacial score (nSPS) is 13.6. The highest BCUT2D eigenvalue weighted by Gasteiger charge is 2.22. The Labute approximate surface area is 118 Å². The first kappa shape index (κ1) is 14.3. The molecule has 0 aliphatic rings. The quantitative estimate of drug-likeness (QED) is 0.844. The number of methoxy groups -OCH3 is 1. The number of anilines is 1. The lowest BCUT2D eigenvalue weighted by molar-refractivity contribution is 0.0515. The standard InChI is InChI=1S/C15H19N3O2/c1-15(19,12-6-4-3-5-7-12)9-11-17-14-16-10-8-13(18-14)20-2/h3-8,10,19H,9,11H2,1-2H3,(H,16,17,18). The molecule has 1 unspecified atom stereocenters. The predicted molar refractivity (Wildman–Crippen MR) is 77.7 cm³/mol. The fraction of sp³-hybridized carbons (Fsp3) is 0.333. The van der Waals surface area contributed by atoms with E-state index in [2.05, 4.69) is 15.3 Å². The van der Waals surface area contributed by atoms with Gasteiger partial charge in [0.05, 0.1) is 12.7 Å². The van der Waals surface area contributed by atoms with E-state index in [1.807, 2.05) is 30.3 Å². The van der Waals surface area contributed by atoms with Crippen LogP contribution in [0.25, 0.3) is 0 Å². The Morgan fingerprint density at radius 3 is 2.70 bits per heavy atom. The first-order valence-corrected chi connectivity index (χ1v) is 6.50. The Bertz CT molecular complexity index is 544. The minimum Gasteiger partial charge on any atom is -0.481 e. The van der Waals surface area contributed by atoms with Crippen LogP contribution in [0.5, 0.6) is 5.88 Å². The van der Waals surface area contributed by atoms with Crippen molar-refractivity contribution in [3.05, 3.63) is 48.2 Å². The van der Waals surface area contributed by atoms with Crippen molar-refractivity contribution in [1.29, 1.82) is 0 Å². The van der Waals surface area contributed by atoms with Crippen LogP contribution in [-0.4, -0.2) is 28.7 Å². The first-order chi connectivity index (χ1) is 9.62. The van der Waals surface area contributed by atoms with Gasteiger partial charge in [-0.1, -0.05) is 30.3 Å². The van der Waals surface area contributed by atoms with Gasteiger partial charge in [-0.3, -0.25) is 0 Å². The number of aromatic nitrogens is 2.